The number of fused-ring (bicyclic) bond motifs is 6. The van der Waals surface area contributed by atoms with Crippen LogP contribution in [0.2, 0.25) is 0 Å². The van der Waals surface area contributed by atoms with Gasteiger partial charge < -0.3 is 14.9 Å². The summed E-state index contributed by atoms with van der Waals surface area (Å²) in [6, 6.07) is 6.89. The third-order valence-electron chi connectivity index (χ3n) is 5.63. The van der Waals surface area contributed by atoms with Crippen molar-refractivity contribution in [3.8, 4) is 6.07 Å². The average Bonchev–Trinajstić information content (AvgIpc) is 3.33. The number of urea groups is 1. The molecule has 5 rings (SSSR count). The summed E-state index contributed by atoms with van der Waals surface area (Å²) in [5.74, 6) is -0.449. The Morgan fingerprint density at radius 3 is 2.70 bits per heavy atom. The quantitative estimate of drug-likeness (QED) is 0.765. The molecule has 3 aliphatic heterocycles. The van der Waals surface area contributed by atoms with E-state index in [-0.39, 0.29) is 18.3 Å². The number of hydrogen-bond acceptors (Lipinski definition) is 5. The SMILES string of the molecule is N#Cc1ncc(N2C(=O)[C@@H]3[C@@H]4C[C@@H](CN4C(=O)O)N3C2=O)c2ccccc12. The number of likely N-dealkylation sites (tertiary alicyclic amines) is 1. The second kappa shape index (κ2) is 5.17. The van der Waals surface area contributed by atoms with Crippen molar-refractivity contribution < 1.29 is 19.5 Å². The zero-order valence-corrected chi connectivity index (χ0v) is 13.9. The van der Waals surface area contributed by atoms with Crippen LogP contribution < -0.4 is 4.90 Å². The molecule has 3 atom stereocenters. The molecule has 0 spiro atoms. The second-order valence-electron chi connectivity index (χ2n) is 6.85. The zero-order chi connectivity index (χ0) is 18.9. The third-order valence-corrected chi connectivity index (χ3v) is 5.63. The molecule has 1 aromatic heterocycles. The van der Waals surface area contributed by atoms with Crippen LogP contribution in [0.25, 0.3) is 10.8 Å². The van der Waals surface area contributed by atoms with E-state index >= 15 is 0 Å². The molecule has 3 fully saturated rings. The number of benzene rings is 1. The molecule has 0 unspecified atom stereocenters. The van der Waals surface area contributed by atoms with Crippen LogP contribution in [-0.4, -0.2) is 62.6 Å². The van der Waals surface area contributed by atoms with Gasteiger partial charge >= 0.3 is 12.1 Å². The van der Waals surface area contributed by atoms with Gasteiger partial charge in [-0.1, -0.05) is 24.3 Å². The van der Waals surface area contributed by atoms with Gasteiger partial charge in [0.05, 0.1) is 24.0 Å². The van der Waals surface area contributed by atoms with Gasteiger partial charge in [0.2, 0.25) is 0 Å². The van der Waals surface area contributed by atoms with Crippen molar-refractivity contribution >= 4 is 34.5 Å². The molecule has 1 N–H and O–H groups in total. The number of aromatic nitrogens is 1. The number of hydrogen-bond donors (Lipinski definition) is 1. The second-order valence-corrected chi connectivity index (χ2v) is 6.85. The van der Waals surface area contributed by atoms with E-state index in [1.54, 1.807) is 24.3 Å². The van der Waals surface area contributed by atoms with Crippen molar-refractivity contribution in [3.05, 3.63) is 36.2 Å². The summed E-state index contributed by atoms with van der Waals surface area (Å²) in [5.41, 5.74) is 0.529. The van der Waals surface area contributed by atoms with Crippen molar-refractivity contribution in [2.75, 3.05) is 11.4 Å². The first-order valence-electron chi connectivity index (χ1n) is 8.46. The molecule has 134 valence electrons. The van der Waals surface area contributed by atoms with Gasteiger partial charge in [-0.25, -0.2) is 19.5 Å². The van der Waals surface area contributed by atoms with E-state index in [1.165, 1.54) is 16.0 Å². The fourth-order valence-electron chi connectivity index (χ4n) is 4.54. The minimum atomic E-state index is -1.08. The smallest absolute Gasteiger partial charge is 0.407 e. The fraction of sp³-hybridized carbons (Fsp3) is 0.278. The lowest BCUT2D eigenvalue weighted by Crippen LogP contribution is -2.54. The Balaban J connectivity index is 1.62. The molecule has 0 saturated carbocycles. The number of rotatable bonds is 1. The topological polar surface area (TPSA) is 118 Å². The van der Waals surface area contributed by atoms with Gasteiger partial charge in [-0.3, -0.25) is 4.79 Å². The van der Waals surface area contributed by atoms with Crippen LogP contribution in [0.1, 0.15) is 12.1 Å². The summed E-state index contributed by atoms with van der Waals surface area (Å²) in [4.78, 5) is 45.5. The van der Waals surface area contributed by atoms with Crippen LogP contribution in [0.5, 0.6) is 0 Å². The van der Waals surface area contributed by atoms with Gasteiger partial charge in [0.15, 0.2) is 0 Å². The van der Waals surface area contributed by atoms with E-state index in [0.717, 1.165) is 4.90 Å². The van der Waals surface area contributed by atoms with Crippen molar-refractivity contribution in [1.82, 2.24) is 14.8 Å². The molecule has 9 heteroatoms. The van der Waals surface area contributed by atoms with E-state index in [0.29, 0.717) is 22.9 Å². The van der Waals surface area contributed by atoms with Crippen LogP contribution in [0.15, 0.2) is 30.5 Å². The molecular formula is C18H13N5O4. The van der Waals surface area contributed by atoms with Crippen molar-refractivity contribution in [1.29, 1.82) is 5.26 Å². The lowest BCUT2D eigenvalue weighted by atomic mass is 10.1. The first-order valence-corrected chi connectivity index (χ1v) is 8.46. The molecule has 0 radical (unpaired) electrons. The van der Waals surface area contributed by atoms with Gasteiger partial charge in [0.1, 0.15) is 17.8 Å². The number of carbonyl (C=O) groups is 3. The molecule has 4 heterocycles. The molecule has 0 aliphatic carbocycles. The van der Waals surface area contributed by atoms with Crippen molar-refractivity contribution in [2.45, 2.75) is 24.5 Å². The Morgan fingerprint density at radius 2 is 2.00 bits per heavy atom. The van der Waals surface area contributed by atoms with Gasteiger partial charge in [-0.2, -0.15) is 5.26 Å². The highest BCUT2D eigenvalue weighted by Gasteiger charge is 2.63. The molecule has 3 saturated heterocycles. The lowest BCUT2D eigenvalue weighted by Gasteiger charge is -2.32. The Labute approximate surface area is 153 Å². The summed E-state index contributed by atoms with van der Waals surface area (Å²) in [6.45, 7) is 0.218. The monoisotopic (exact) mass is 363 g/mol. The van der Waals surface area contributed by atoms with Gasteiger partial charge in [0.25, 0.3) is 5.91 Å². The first-order chi connectivity index (χ1) is 13.0. The maximum absolute atomic E-state index is 13.1. The summed E-state index contributed by atoms with van der Waals surface area (Å²) in [7, 11) is 0. The number of pyridine rings is 1. The average molecular weight is 363 g/mol. The molecule has 2 aromatic rings. The fourth-order valence-corrected chi connectivity index (χ4v) is 4.54. The standard InChI is InChI=1S/C18H13N5O4/c19-6-12-10-3-1-2-4-11(10)14(7-20-12)23-16(24)15-13-5-9(22(15)17(23)25)8-21(13)18(26)27/h1-4,7,9,13,15H,5,8H2,(H,26,27)/t9-,13-,15-/m0/s1. The number of anilines is 1. The van der Waals surface area contributed by atoms with Crippen LogP contribution >= 0.6 is 0 Å². The minimum absolute atomic E-state index is 0.214. The number of piperazine rings is 1. The summed E-state index contributed by atoms with van der Waals surface area (Å²) in [5, 5.41) is 19.7. The Kier molecular flexibility index (Phi) is 2.98. The third kappa shape index (κ3) is 1.87. The van der Waals surface area contributed by atoms with Crippen molar-refractivity contribution in [2.24, 2.45) is 0 Å². The molecule has 4 amide bonds. The van der Waals surface area contributed by atoms with E-state index in [1.807, 2.05) is 6.07 Å². The Hall–Kier alpha value is -3.67. The van der Waals surface area contributed by atoms with Gasteiger partial charge in [0, 0.05) is 17.3 Å². The van der Waals surface area contributed by atoms with Crippen molar-refractivity contribution in [3.63, 3.8) is 0 Å². The zero-order valence-electron chi connectivity index (χ0n) is 13.9. The number of nitriles is 1. The van der Waals surface area contributed by atoms with Gasteiger partial charge in [-0.05, 0) is 6.42 Å². The maximum Gasteiger partial charge on any atom is 0.407 e. The molecular weight excluding hydrogens is 350 g/mol. The molecule has 1 aromatic carbocycles. The molecule has 3 aliphatic rings. The van der Waals surface area contributed by atoms with E-state index in [2.05, 4.69) is 4.98 Å². The number of carboxylic acid groups (broad SMARTS) is 1. The highest BCUT2D eigenvalue weighted by Crippen LogP contribution is 2.43. The minimum Gasteiger partial charge on any atom is -0.465 e. The molecule has 9 nitrogen and oxygen atoms in total. The van der Waals surface area contributed by atoms with Crippen LogP contribution in [0, 0.1) is 11.3 Å². The normalized spacial score (nSPS) is 26.0. The first kappa shape index (κ1) is 15.6. The Bertz CT molecular complexity index is 1080. The highest BCUT2D eigenvalue weighted by molar-refractivity contribution is 6.25. The lowest BCUT2D eigenvalue weighted by molar-refractivity contribution is -0.121. The van der Waals surface area contributed by atoms with E-state index < -0.39 is 30.1 Å². The molecule has 27 heavy (non-hydrogen) atoms. The Morgan fingerprint density at radius 1 is 1.26 bits per heavy atom. The van der Waals surface area contributed by atoms with Crippen LogP contribution in [0.4, 0.5) is 15.3 Å². The highest BCUT2D eigenvalue weighted by atomic mass is 16.4. The molecule has 2 bridgehead atoms. The predicted octanol–water partition coefficient (Wildman–Crippen LogP) is 1.38. The largest absolute Gasteiger partial charge is 0.465 e. The predicted molar refractivity (Wildman–Crippen MR) is 91.9 cm³/mol. The summed E-state index contributed by atoms with van der Waals surface area (Å²) < 4.78 is 0. The van der Waals surface area contributed by atoms with E-state index in [9.17, 15) is 24.8 Å². The number of carbonyl (C=O) groups excluding carboxylic acids is 2. The van der Waals surface area contributed by atoms with E-state index in [4.69, 9.17) is 0 Å². The number of nitrogens with zero attached hydrogens (tertiary/aromatic N) is 5. The summed E-state index contributed by atoms with van der Waals surface area (Å²) in [6.07, 6.45) is 0.760. The maximum atomic E-state index is 13.1. The van der Waals surface area contributed by atoms with Gasteiger partial charge in [-0.15, -0.1) is 0 Å². The number of amides is 4. The number of imide groups is 1. The summed E-state index contributed by atoms with van der Waals surface area (Å²) >= 11 is 0. The van der Waals surface area contributed by atoms with Crippen LogP contribution in [-0.2, 0) is 4.79 Å². The van der Waals surface area contributed by atoms with Crippen LogP contribution in [0.3, 0.4) is 0 Å².